The predicted octanol–water partition coefficient (Wildman–Crippen LogP) is -0.0261. The molecule has 0 saturated carbocycles. The average molecular weight is 347 g/mol. The van der Waals surface area contributed by atoms with Gasteiger partial charge in [-0.1, -0.05) is 25.6 Å². The summed E-state index contributed by atoms with van der Waals surface area (Å²) in [5.74, 6) is 0.663. The zero-order valence-corrected chi connectivity index (χ0v) is 14.6. The summed E-state index contributed by atoms with van der Waals surface area (Å²) < 4.78 is 24.8. The van der Waals surface area contributed by atoms with Gasteiger partial charge in [-0.05, 0) is 22.8 Å². The van der Waals surface area contributed by atoms with Crippen LogP contribution in [0.2, 0.25) is 0 Å². The van der Waals surface area contributed by atoms with Crippen molar-refractivity contribution >= 4 is 27.5 Å². The first-order chi connectivity index (χ1) is 10.3. The van der Waals surface area contributed by atoms with Gasteiger partial charge in [-0.15, -0.1) is 5.10 Å². The first kappa shape index (κ1) is 17.2. The van der Waals surface area contributed by atoms with Gasteiger partial charge in [0.1, 0.15) is 0 Å². The standard InChI is InChI=1S/C12H21N5O3S2/c1-9(2)6-17(10-4-5-22(19,20)8-10)11(18)7-21-12-13-14-15-16(12)3/h9-10H,4-8H2,1-3H3/t10-/m0/s1. The van der Waals surface area contributed by atoms with E-state index in [4.69, 9.17) is 0 Å². The highest BCUT2D eigenvalue weighted by molar-refractivity contribution is 7.99. The summed E-state index contributed by atoms with van der Waals surface area (Å²) in [5.41, 5.74) is 0. The molecular formula is C12H21N5O3S2. The van der Waals surface area contributed by atoms with Crippen LogP contribution in [0.4, 0.5) is 0 Å². The van der Waals surface area contributed by atoms with Gasteiger partial charge in [-0.2, -0.15) is 0 Å². The lowest BCUT2D eigenvalue weighted by molar-refractivity contribution is -0.130. The van der Waals surface area contributed by atoms with Gasteiger partial charge >= 0.3 is 0 Å². The number of sulfone groups is 1. The Kier molecular flexibility index (Phi) is 5.43. The highest BCUT2D eigenvalue weighted by Crippen LogP contribution is 2.21. The second kappa shape index (κ2) is 6.95. The van der Waals surface area contributed by atoms with Crippen LogP contribution in [0.3, 0.4) is 0 Å². The minimum absolute atomic E-state index is 0.0659. The Hall–Kier alpha value is -1.16. The zero-order chi connectivity index (χ0) is 16.3. The SMILES string of the molecule is CC(C)CN(C(=O)CSc1nnnn1C)[C@H]1CCS(=O)(=O)C1. The molecule has 1 atom stereocenters. The number of aromatic nitrogens is 4. The third-order valence-electron chi connectivity index (χ3n) is 3.44. The van der Waals surface area contributed by atoms with Gasteiger partial charge < -0.3 is 4.90 Å². The van der Waals surface area contributed by atoms with E-state index in [2.05, 4.69) is 15.5 Å². The van der Waals surface area contributed by atoms with E-state index in [9.17, 15) is 13.2 Å². The molecule has 1 aromatic heterocycles. The summed E-state index contributed by atoms with van der Waals surface area (Å²) in [6, 6.07) is -0.210. The van der Waals surface area contributed by atoms with Crippen molar-refractivity contribution < 1.29 is 13.2 Å². The number of thioether (sulfide) groups is 1. The largest absolute Gasteiger partial charge is 0.338 e. The monoisotopic (exact) mass is 347 g/mol. The van der Waals surface area contributed by atoms with Crippen LogP contribution >= 0.6 is 11.8 Å². The van der Waals surface area contributed by atoms with E-state index in [1.807, 2.05) is 13.8 Å². The number of aryl methyl sites for hydroxylation is 1. The van der Waals surface area contributed by atoms with Gasteiger partial charge in [0.25, 0.3) is 0 Å². The fourth-order valence-electron chi connectivity index (χ4n) is 2.42. The van der Waals surface area contributed by atoms with E-state index < -0.39 is 9.84 Å². The van der Waals surface area contributed by atoms with Crippen molar-refractivity contribution in [3.05, 3.63) is 0 Å². The molecule has 10 heteroatoms. The normalized spacial score (nSPS) is 20.5. The number of nitrogens with zero attached hydrogens (tertiary/aromatic N) is 5. The topological polar surface area (TPSA) is 98.1 Å². The van der Waals surface area contributed by atoms with E-state index in [1.165, 1.54) is 16.4 Å². The Morgan fingerprint density at radius 1 is 1.50 bits per heavy atom. The van der Waals surface area contributed by atoms with Crippen molar-refractivity contribution in [1.82, 2.24) is 25.1 Å². The predicted molar refractivity (Wildman–Crippen MR) is 83.1 cm³/mol. The maximum Gasteiger partial charge on any atom is 0.233 e. The van der Waals surface area contributed by atoms with Gasteiger partial charge in [0.05, 0.1) is 17.3 Å². The van der Waals surface area contributed by atoms with Crippen LogP contribution in [0.25, 0.3) is 0 Å². The molecule has 0 unspecified atom stereocenters. The molecule has 1 aromatic rings. The van der Waals surface area contributed by atoms with E-state index in [-0.39, 0.29) is 35.1 Å². The summed E-state index contributed by atoms with van der Waals surface area (Å²) >= 11 is 1.26. The van der Waals surface area contributed by atoms with E-state index in [1.54, 1.807) is 11.9 Å². The Labute approximate surface area is 134 Å². The van der Waals surface area contributed by atoms with Crippen molar-refractivity contribution in [3.8, 4) is 0 Å². The van der Waals surface area contributed by atoms with Crippen molar-refractivity contribution in [2.75, 3.05) is 23.8 Å². The Balaban J connectivity index is 2.02. The average Bonchev–Trinajstić information content (AvgIpc) is 2.98. The van der Waals surface area contributed by atoms with Crippen molar-refractivity contribution in [2.24, 2.45) is 13.0 Å². The van der Waals surface area contributed by atoms with Gasteiger partial charge in [-0.25, -0.2) is 13.1 Å². The molecule has 1 aliphatic heterocycles. The molecule has 1 amide bonds. The summed E-state index contributed by atoms with van der Waals surface area (Å²) in [6.07, 6.45) is 0.525. The maximum absolute atomic E-state index is 12.5. The van der Waals surface area contributed by atoms with Crippen LogP contribution in [0, 0.1) is 5.92 Å². The summed E-state index contributed by atoms with van der Waals surface area (Å²) in [7, 11) is -1.30. The van der Waals surface area contributed by atoms with E-state index >= 15 is 0 Å². The van der Waals surface area contributed by atoms with Gasteiger partial charge in [0.2, 0.25) is 11.1 Å². The van der Waals surface area contributed by atoms with Crippen molar-refractivity contribution in [1.29, 1.82) is 0 Å². The molecule has 1 saturated heterocycles. The van der Waals surface area contributed by atoms with Crippen LogP contribution in [0.1, 0.15) is 20.3 Å². The number of rotatable bonds is 6. The zero-order valence-electron chi connectivity index (χ0n) is 13.0. The molecule has 0 bridgehead atoms. The van der Waals surface area contributed by atoms with Gasteiger partial charge in [0.15, 0.2) is 9.84 Å². The van der Waals surface area contributed by atoms with Gasteiger partial charge in [-0.3, -0.25) is 4.79 Å². The third kappa shape index (κ3) is 4.42. The number of hydrogen-bond donors (Lipinski definition) is 0. The molecule has 1 aliphatic rings. The third-order valence-corrected chi connectivity index (χ3v) is 6.18. The van der Waals surface area contributed by atoms with Gasteiger partial charge in [0, 0.05) is 19.6 Å². The minimum atomic E-state index is -3.01. The molecule has 1 fully saturated rings. The number of amides is 1. The van der Waals surface area contributed by atoms with Crippen molar-refractivity contribution in [3.63, 3.8) is 0 Å². The van der Waals surface area contributed by atoms with E-state index in [0.717, 1.165) is 0 Å². The molecule has 8 nitrogen and oxygen atoms in total. The maximum atomic E-state index is 12.5. The van der Waals surface area contributed by atoms with Crippen LogP contribution < -0.4 is 0 Å². The lowest BCUT2D eigenvalue weighted by atomic mass is 10.1. The lowest BCUT2D eigenvalue weighted by Crippen LogP contribution is -2.44. The van der Waals surface area contributed by atoms with Crippen LogP contribution in [-0.4, -0.2) is 69.3 Å². The highest BCUT2D eigenvalue weighted by Gasteiger charge is 2.34. The minimum Gasteiger partial charge on any atom is -0.338 e. The Morgan fingerprint density at radius 2 is 2.23 bits per heavy atom. The molecule has 0 aliphatic carbocycles. The van der Waals surface area contributed by atoms with E-state index in [0.29, 0.717) is 18.1 Å². The lowest BCUT2D eigenvalue weighted by Gasteiger charge is -2.29. The number of tetrazole rings is 1. The number of hydrogen-bond acceptors (Lipinski definition) is 7. The smallest absolute Gasteiger partial charge is 0.233 e. The second-order valence-corrected chi connectivity index (χ2v) is 9.04. The number of carbonyl (C=O) groups excluding carboxylic acids is 1. The molecule has 22 heavy (non-hydrogen) atoms. The van der Waals surface area contributed by atoms with Crippen molar-refractivity contribution in [2.45, 2.75) is 31.5 Å². The molecule has 0 radical (unpaired) electrons. The first-order valence-electron chi connectivity index (χ1n) is 7.13. The molecule has 124 valence electrons. The molecule has 0 spiro atoms. The molecular weight excluding hydrogens is 326 g/mol. The fourth-order valence-corrected chi connectivity index (χ4v) is 4.89. The van der Waals surface area contributed by atoms with Crippen LogP contribution in [0.15, 0.2) is 5.16 Å². The Morgan fingerprint density at radius 3 is 2.73 bits per heavy atom. The Bertz CT molecular complexity index is 628. The second-order valence-electron chi connectivity index (χ2n) is 5.87. The highest BCUT2D eigenvalue weighted by atomic mass is 32.2. The first-order valence-corrected chi connectivity index (χ1v) is 9.94. The molecule has 0 N–H and O–H groups in total. The summed E-state index contributed by atoms with van der Waals surface area (Å²) in [5, 5.41) is 11.6. The number of carbonyl (C=O) groups is 1. The van der Waals surface area contributed by atoms with Crippen LogP contribution in [-0.2, 0) is 21.7 Å². The van der Waals surface area contributed by atoms with Crippen LogP contribution in [0.5, 0.6) is 0 Å². The molecule has 2 rings (SSSR count). The molecule has 0 aromatic carbocycles. The molecule has 2 heterocycles. The summed E-state index contributed by atoms with van der Waals surface area (Å²) in [4.78, 5) is 14.2. The summed E-state index contributed by atoms with van der Waals surface area (Å²) in [6.45, 7) is 4.60. The fraction of sp³-hybridized carbons (Fsp3) is 0.833. The quantitative estimate of drug-likeness (QED) is 0.667.